The summed E-state index contributed by atoms with van der Waals surface area (Å²) in [5.74, 6) is 0. The normalized spacial score (nSPS) is 10.8. The molecule has 1 heterocycles. The van der Waals surface area contributed by atoms with Crippen molar-refractivity contribution in [3.8, 4) is 11.3 Å². The summed E-state index contributed by atoms with van der Waals surface area (Å²) < 4.78 is 0. The number of thiazole rings is 1. The van der Waals surface area contributed by atoms with Crippen molar-refractivity contribution in [2.75, 3.05) is 12.8 Å². The molecule has 1 aromatic heterocycles. The predicted octanol–water partition coefficient (Wildman–Crippen LogP) is 4.03. The van der Waals surface area contributed by atoms with Crippen molar-refractivity contribution in [1.82, 2.24) is 10.3 Å². The molecular formula is C14H18N2S2. The van der Waals surface area contributed by atoms with Gasteiger partial charge in [0.2, 0.25) is 0 Å². The summed E-state index contributed by atoms with van der Waals surface area (Å²) in [6, 6.07) is 8.58. The van der Waals surface area contributed by atoms with Gasteiger partial charge >= 0.3 is 0 Å². The molecule has 2 aromatic rings. The monoisotopic (exact) mass is 278 g/mol. The second kappa shape index (κ2) is 6.92. The first kappa shape index (κ1) is 13.6. The van der Waals surface area contributed by atoms with Gasteiger partial charge < -0.3 is 5.32 Å². The van der Waals surface area contributed by atoms with Crippen LogP contribution in [0.1, 0.15) is 18.4 Å². The number of hydrogen-bond donors (Lipinski definition) is 1. The van der Waals surface area contributed by atoms with E-state index in [0.29, 0.717) is 0 Å². The van der Waals surface area contributed by atoms with Crippen LogP contribution in [0, 0.1) is 0 Å². The minimum Gasteiger partial charge on any atom is -0.310 e. The molecular weight excluding hydrogens is 260 g/mol. The van der Waals surface area contributed by atoms with E-state index in [1.54, 1.807) is 23.1 Å². The molecule has 0 saturated carbocycles. The molecule has 2 nitrogen and oxygen atoms in total. The van der Waals surface area contributed by atoms with Crippen LogP contribution in [0.15, 0.2) is 34.5 Å². The lowest BCUT2D eigenvalue weighted by molar-refractivity contribution is 0.673. The highest BCUT2D eigenvalue weighted by Crippen LogP contribution is 2.24. The SMILES string of the molecule is CCCNCc1nc(-c2ccc(SC)cc2)cs1. The molecule has 1 aromatic carbocycles. The topological polar surface area (TPSA) is 24.9 Å². The van der Waals surface area contributed by atoms with Crippen LogP contribution < -0.4 is 5.32 Å². The molecule has 0 fully saturated rings. The number of nitrogens with zero attached hydrogens (tertiary/aromatic N) is 1. The number of benzene rings is 1. The average Bonchev–Trinajstić information content (AvgIpc) is 2.88. The van der Waals surface area contributed by atoms with Gasteiger partial charge in [0, 0.05) is 22.4 Å². The Morgan fingerprint density at radius 1 is 1.28 bits per heavy atom. The molecule has 96 valence electrons. The van der Waals surface area contributed by atoms with Crippen LogP contribution in [0.3, 0.4) is 0 Å². The summed E-state index contributed by atoms with van der Waals surface area (Å²) in [4.78, 5) is 5.95. The molecule has 4 heteroatoms. The Labute approximate surface area is 117 Å². The maximum atomic E-state index is 4.66. The van der Waals surface area contributed by atoms with E-state index in [9.17, 15) is 0 Å². The maximum absolute atomic E-state index is 4.66. The number of thioether (sulfide) groups is 1. The van der Waals surface area contributed by atoms with Crippen LogP contribution in [0.25, 0.3) is 11.3 Å². The van der Waals surface area contributed by atoms with E-state index in [4.69, 9.17) is 0 Å². The summed E-state index contributed by atoms with van der Waals surface area (Å²) in [5, 5.41) is 6.67. The highest BCUT2D eigenvalue weighted by Gasteiger charge is 2.04. The first-order valence-corrected chi connectivity index (χ1v) is 8.23. The van der Waals surface area contributed by atoms with Crippen molar-refractivity contribution in [3.63, 3.8) is 0 Å². The van der Waals surface area contributed by atoms with Gasteiger partial charge in [-0.3, -0.25) is 0 Å². The molecule has 0 aliphatic rings. The second-order valence-electron chi connectivity index (χ2n) is 4.03. The van der Waals surface area contributed by atoms with E-state index in [-0.39, 0.29) is 0 Å². The van der Waals surface area contributed by atoms with Crippen LogP contribution in [0.4, 0.5) is 0 Å². The lowest BCUT2D eigenvalue weighted by atomic mass is 10.2. The first-order valence-electron chi connectivity index (χ1n) is 6.13. The third-order valence-electron chi connectivity index (χ3n) is 2.64. The number of nitrogens with one attached hydrogen (secondary N) is 1. The summed E-state index contributed by atoms with van der Waals surface area (Å²) in [6.45, 7) is 4.10. The zero-order chi connectivity index (χ0) is 12.8. The van der Waals surface area contributed by atoms with E-state index >= 15 is 0 Å². The molecule has 0 spiro atoms. The van der Waals surface area contributed by atoms with Crippen LogP contribution in [0.5, 0.6) is 0 Å². The molecule has 0 amide bonds. The Bertz CT molecular complexity index is 477. The van der Waals surface area contributed by atoms with E-state index < -0.39 is 0 Å². The fourth-order valence-electron chi connectivity index (χ4n) is 1.66. The zero-order valence-electron chi connectivity index (χ0n) is 10.8. The van der Waals surface area contributed by atoms with Crippen LogP contribution >= 0.6 is 23.1 Å². The Hall–Kier alpha value is -0.840. The highest BCUT2D eigenvalue weighted by molar-refractivity contribution is 7.98. The number of aromatic nitrogens is 1. The van der Waals surface area contributed by atoms with Gasteiger partial charge in [-0.25, -0.2) is 4.98 Å². The van der Waals surface area contributed by atoms with E-state index in [1.807, 2.05) is 0 Å². The summed E-state index contributed by atoms with van der Waals surface area (Å²) in [6.07, 6.45) is 3.25. The highest BCUT2D eigenvalue weighted by atomic mass is 32.2. The fraction of sp³-hybridized carbons (Fsp3) is 0.357. The van der Waals surface area contributed by atoms with E-state index in [0.717, 1.165) is 30.2 Å². The Morgan fingerprint density at radius 3 is 2.72 bits per heavy atom. The Kier molecular flexibility index (Phi) is 5.23. The van der Waals surface area contributed by atoms with Gasteiger partial charge in [-0.2, -0.15) is 0 Å². The molecule has 0 aliphatic heterocycles. The van der Waals surface area contributed by atoms with Crippen molar-refractivity contribution in [3.05, 3.63) is 34.7 Å². The fourth-order valence-corrected chi connectivity index (χ4v) is 2.84. The largest absolute Gasteiger partial charge is 0.310 e. The minimum absolute atomic E-state index is 0.876. The predicted molar refractivity (Wildman–Crippen MR) is 81.3 cm³/mol. The Balaban J connectivity index is 2.04. The summed E-state index contributed by atoms with van der Waals surface area (Å²) >= 11 is 3.49. The average molecular weight is 278 g/mol. The van der Waals surface area contributed by atoms with E-state index in [2.05, 4.69) is 53.1 Å². The van der Waals surface area contributed by atoms with Gasteiger partial charge in [-0.05, 0) is 31.4 Å². The molecule has 0 unspecified atom stereocenters. The minimum atomic E-state index is 0.876. The van der Waals surface area contributed by atoms with Crippen molar-refractivity contribution in [1.29, 1.82) is 0 Å². The number of hydrogen-bond acceptors (Lipinski definition) is 4. The van der Waals surface area contributed by atoms with Crippen molar-refractivity contribution >= 4 is 23.1 Å². The molecule has 2 rings (SSSR count). The third-order valence-corrected chi connectivity index (χ3v) is 4.23. The lowest BCUT2D eigenvalue weighted by Crippen LogP contribution is -2.13. The van der Waals surface area contributed by atoms with Crippen LogP contribution in [-0.2, 0) is 6.54 Å². The van der Waals surface area contributed by atoms with Crippen molar-refractivity contribution in [2.24, 2.45) is 0 Å². The van der Waals surface area contributed by atoms with Crippen LogP contribution in [0.2, 0.25) is 0 Å². The summed E-state index contributed by atoms with van der Waals surface area (Å²) in [7, 11) is 0. The molecule has 18 heavy (non-hydrogen) atoms. The maximum Gasteiger partial charge on any atom is 0.107 e. The molecule has 0 atom stereocenters. The molecule has 0 bridgehead atoms. The van der Waals surface area contributed by atoms with Gasteiger partial charge in [0.05, 0.1) is 5.69 Å². The Morgan fingerprint density at radius 2 is 2.06 bits per heavy atom. The lowest BCUT2D eigenvalue weighted by Gasteiger charge is -2.00. The standard InChI is InChI=1S/C14H18N2S2/c1-3-8-15-9-14-16-13(10-18-14)11-4-6-12(17-2)7-5-11/h4-7,10,15H,3,8-9H2,1-2H3. The van der Waals surface area contributed by atoms with E-state index in [1.165, 1.54) is 10.5 Å². The quantitative estimate of drug-likeness (QED) is 0.638. The number of rotatable bonds is 6. The van der Waals surface area contributed by atoms with Crippen molar-refractivity contribution < 1.29 is 0 Å². The zero-order valence-corrected chi connectivity index (χ0v) is 12.4. The molecule has 0 radical (unpaired) electrons. The molecule has 1 N–H and O–H groups in total. The summed E-state index contributed by atoms with van der Waals surface area (Å²) in [5.41, 5.74) is 2.28. The molecule has 0 saturated heterocycles. The van der Waals surface area contributed by atoms with Gasteiger partial charge in [-0.15, -0.1) is 23.1 Å². The third kappa shape index (κ3) is 3.57. The van der Waals surface area contributed by atoms with Gasteiger partial charge in [-0.1, -0.05) is 19.1 Å². The second-order valence-corrected chi connectivity index (χ2v) is 5.85. The smallest absolute Gasteiger partial charge is 0.107 e. The van der Waals surface area contributed by atoms with Gasteiger partial charge in [0.15, 0.2) is 0 Å². The van der Waals surface area contributed by atoms with Gasteiger partial charge in [0.1, 0.15) is 5.01 Å². The van der Waals surface area contributed by atoms with Crippen molar-refractivity contribution in [2.45, 2.75) is 24.8 Å². The molecule has 0 aliphatic carbocycles. The first-order chi connectivity index (χ1) is 8.83. The van der Waals surface area contributed by atoms with Crippen LogP contribution in [-0.4, -0.2) is 17.8 Å². The van der Waals surface area contributed by atoms with Gasteiger partial charge in [0.25, 0.3) is 0 Å².